The van der Waals surface area contributed by atoms with Gasteiger partial charge in [-0.1, -0.05) is 5.16 Å². The predicted molar refractivity (Wildman–Crippen MR) is 133 cm³/mol. The molecule has 34 heavy (non-hydrogen) atoms. The van der Waals surface area contributed by atoms with Crippen LogP contribution in [0.25, 0.3) is 11.1 Å². The maximum atomic E-state index is 14.3. The van der Waals surface area contributed by atoms with Crippen molar-refractivity contribution in [2.75, 3.05) is 26.0 Å². The summed E-state index contributed by atoms with van der Waals surface area (Å²) in [6.07, 6.45) is 0.109. The fourth-order valence-electron chi connectivity index (χ4n) is 4.03. The number of aryl methyl sites for hydroxylation is 4. The van der Waals surface area contributed by atoms with Crippen LogP contribution in [0.3, 0.4) is 0 Å². The Balaban J connectivity index is 1.85. The van der Waals surface area contributed by atoms with Crippen molar-refractivity contribution in [1.29, 1.82) is 0 Å². The second-order valence-electron chi connectivity index (χ2n) is 9.10. The standard InChI is InChI=1S/C27H34FN3O3/c1-16-11-23(29-25(32)9-8-10-31(6)7)12-17(2)27(16)33-24-14-21(18(3)28)13-22(15-24)26-19(4)30-34-20(26)5/h11-15,18H,8-10H2,1-7H3,(H,29,32). The molecule has 0 aliphatic heterocycles. The molecule has 0 saturated carbocycles. The predicted octanol–water partition coefficient (Wildman–Crippen LogP) is 6.68. The maximum Gasteiger partial charge on any atom is 0.224 e. The lowest BCUT2D eigenvalue weighted by Crippen LogP contribution is -2.17. The first-order valence-electron chi connectivity index (χ1n) is 11.5. The van der Waals surface area contributed by atoms with Gasteiger partial charge in [-0.15, -0.1) is 0 Å². The first-order chi connectivity index (χ1) is 16.0. The Hall–Kier alpha value is -3.19. The number of benzene rings is 2. The number of aromatic nitrogens is 1. The van der Waals surface area contributed by atoms with Gasteiger partial charge in [-0.2, -0.15) is 0 Å². The third-order valence-corrected chi connectivity index (χ3v) is 5.68. The van der Waals surface area contributed by atoms with Crippen LogP contribution >= 0.6 is 0 Å². The molecule has 1 unspecified atom stereocenters. The van der Waals surface area contributed by atoms with Gasteiger partial charge in [-0.05, 0) is 114 Å². The molecular weight excluding hydrogens is 433 g/mol. The monoisotopic (exact) mass is 467 g/mol. The molecule has 1 N–H and O–H groups in total. The summed E-state index contributed by atoms with van der Waals surface area (Å²) in [6, 6.07) is 9.17. The number of anilines is 1. The summed E-state index contributed by atoms with van der Waals surface area (Å²) in [5.74, 6) is 1.87. The van der Waals surface area contributed by atoms with Crippen molar-refractivity contribution in [1.82, 2.24) is 10.1 Å². The minimum absolute atomic E-state index is 0.0111. The molecule has 1 aromatic heterocycles. The van der Waals surface area contributed by atoms with Crippen LogP contribution in [0.4, 0.5) is 10.1 Å². The summed E-state index contributed by atoms with van der Waals surface area (Å²) in [6.45, 7) is 9.93. The first kappa shape index (κ1) is 25.4. The fourth-order valence-corrected chi connectivity index (χ4v) is 4.03. The number of amides is 1. The molecule has 7 heteroatoms. The molecule has 0 radical (unpaired) electrons. The molecule has 1 amide bonds. The van der Waals surface area contributed by atoms with Gasteiger partial charge in [0.15, 0.2) is 0 Å². The number of alkyl halides is 1. The number of nitrogens with one attached hydrogen (secondary N) is 1. The SMILES string of the molecule is Cc1cc(NC(=O)CCCN(C)C)cc(C)c1Oc1cc(-c2c(C)noc2C)cc(C(C)F)c1. The summed E-state index contributed by atoms with van der Waals surface area (Å²) in [5.41, 5.74) is 5.38. The molecule has 0 aliphatic carbocycles. The highest BCUT2D eigenvalue weighted by Gasteiger charge is 2.17. The van der Waals surface area contributed by atoms with Crippen molar-refractivity contribution in [3.8, 4) is 22.6 Å². The van der Waals surface area contributed by atoms with Gasteiger partial charge in [0, 0.05) is 17.7 Å². The molecule has 0 aliphatic rings. The van der Waals surface area contributed by atoms with Crippen molar-refractivity contribution in [3.05, 3.63) is 58.5 Å². The molecule has 6 nitrogen and oxygen atoms in total. The van der Waals surface area contributed by atoms with Gasteiger partial charge in [0.25, 0.3) is 0 Å². The Kier molecular flexibility index (Phi) is 8.10. The number of carbonyl (C=O) groups excluding carboxylic acids is 1. The highest BCUT2D eigenvalue weighted by molar-refractivity contribution is 5.91. The Labute approximate surface area is 201 Å². The van der Waals surface area contributed by atoms with Gasteiger partial charge in [0.05, 0.1) is 5.69 Å². The minimum atomic E-state index is -1.16. The van der Waals surface area contributed by atoms with Crippen molar-refractivity contribution in [2.45, 2.75) is 53.6 Å². The Morgan fingerprint density at radius 1 is 1.12 bits per heavy atom. The van der Waals surface area contributed by atoms with Crippen LogP contribution < -0.4 is 10.1 Å². The molecule has 182 valence electrons. The average Bonchev–Trinajstić information content (AvgIpc) is 3.08. The van der Waals surface area contributed by atoms with Crippen LogP contribution in [0.2, 0.25) is 0 Å². The number of hydrogen-bond acceptors (Lipinski definition) is 5. The smallest absolute Gasteiger partial charge is 0.224 e. The fraction of sp³-hybridized carbons (Fsp3) is 0.407. The van der Waals surface area contributed by atoms with E-state index in [1.165, 1.54) is 6.92 Å². The number of rotatable bonds is 9. The average molecular weight is 468 g/mol. The zero-order chi connectivity index (χ0) is 25.0. The van der Waals surface area contributed by atoms with E-state index in [-0.39, 0.29) is 5.91 Å². The van der Waals surface area contributed by atoms with Crippen LogP contribution in [-0.4, -0.2) is 36.6 Å². The first-order valence-corrected chi connectivity index (χ1v) is 11.5. The van der Waals surface area contributed by atoms with E-state index in [2.05, 4.69) is 15.4 Å². The van der Waals surface area contributed by atoms with Gasteiger partial charge in [0.1, 0.15) is 23.4 Å². The zero-order valence-corrected chi connectivity index (χ0v) is 21.1. The molecule has 2 aromatic carbocycles. The Bertz CT molecular complexity index is 1130. The maximum absolute atomic E-state index is 14.3. The Morgan fingerprint density at radius 3 is 2.35 bits per heavy atom. The number of carbonyl (C=O) groups is 1. The molecule has 0 saturated heterocycles. The second-order valence-corrected chi connectivity index (χ2v) is 9.10. The number of hydrogen-bond donors (Lipinski definition) is 1. The molecule has 0 bridgehead atoms. The Morgan fingerprint density at radius 2 is 1.79 bits per heavy atom. The summed E-state index contributed by atoms with van der Waals surface area (Å²) in [7, 11) is 3.98. The summed E-state index contributed by atoms with van der Waals surface area (Å²) in [4.78, 5) is 14.3. The van der Waals surface area contributed by atoms with Crippen molar-refractivity contribution in [2.24, 2.45) is 0 Å². The van der Waals surface area contributed by atoms with Crippen LogP contribution in [0.1, 0.15) is 54.1 Å². The van der Waals surface area contributed by atoms with Crippen molar-refractivity contribution < 1.29 is 18.4 Å². The van der Waals surface area contributed by atoms with E-state index in [0.717, 1.165) is 46.6 Å². The van der Waals surface area contributed by atoms with Crippen LogP contribution in [0.15, 0.2) is 34.9 Å². The summed E-state index contributed by atoms with van der Waals surface area (Å²) in [5, 5.41) is 7.00. The van der Waals surface area contributed by atoms with E-state index in [4.69, 9.17) is 9.26 Å². The molecule has 3 aromatic rings. The van der Waals surface area contributed by atoms with Crippen molar-refractivity contribution in [3.63, 3.8) is 0 Å². The van der Waals surface area contributed by atoms with Gasteiger partial charge in [0.2, 0.25) is 5.91 Å². The lowest BCUT2D eigenvalue weighted by Gasteiger charge is -2.17. The summed E-state index contributed by atoms with van der Waals surface area (Å²) >= 11 is 0. The molecule has 1 heterocycles. The number of halogens is 1. The molecular formula is C27H34FN3O3. The van der Waals surface area contributed by atoms with E-state index in [0.29, 0.717) is 29.2 Å². The second kappa shape index (κ2) is 10.8. The zero-order valence-electron chi connectivity index (χ0n) is 21.1. The molecule has 0 spiro atoms. The third-order valence-electron chi connectivity index (χ3n) is 5.68. The highest BCUT2D eigenvalue weighted by Crippen LogP contribution is 2.37. The largest absolute Gasteiger partial charge is 0.457 e. The normalized spacial score (nSPS) is 12.1. The highest BCUT2D eigenvalue weighted by atomic mass is 19.1. The van der Waals surface area contributed by atoms with E-state index >= 15 is 0 Å². The van der Waals surface area contributed by atoms with Crippen LogP contribution in [0.5, 0.6) is 11.5 Å². The van der Waals surface area contributed by atoms with Gasteiger partial charge in [-0.3, -0.25) is 4.79 Å². The van der Waals surface area contributed by atoms with Gasteiger partial charge >= 0.3 is 0 Å². The lowest BCUT2D eigenvalue weighted by molar-refractivity contribution is -0.116. The van der Waals surface area contributed by atoms with Gasteiger partial charge < -0.3 is 19.5 Å². The quantitative estimate of drug-likeness (QED) is 0.380. The van der Waals surface area contributed by atoms with E-state index in [9.17, 15) is 9.18 Å². The topological polar surface area (TPSA) is 67.6 Å². The van der Waals surface area contributed by atoms with E-state index in [1.54, 1.807) is 12.1 Å². The van der Waals surface area contributed by atoms with Crippen LogP contribution in [-0.2, 0) is 4.79 Å². The van der Waals surface area contributed by atoms with Crippen molar-refractivity contribution >= 4 is 11.6 Å². The van der Waals surface area contributed by atoms with Gasteiger partial charge in [-0.25, -0.2) is 4.39 Å². The number of nitrogens with zero attached hydrogens (tertiary/aromatic N) is 2. The molecule has 1 atom stereocenters. The lowest BCUT2D eigenvalue weighted by atomic mass is 9.99. The minimum Gasteiger partial charge on any atom is -0.457 e. The van der Waals surface area contributed by atoms with E-state index < -0.39 is 6.17 Å². The van der Waals surface area contributed by atoms with Crippen LogP contribution in [0, 0.1) is 27.7 Å². The number of ether oxygens (including phenoxy) is 1. The molecule has 3 rings (SSSR count). The van der Waals surface area contributed by atoms with E-state index in [1.807, 2.05) is 60.0 Å². The molecule has 0 fully saturated rings. The third kappa shape index (κ3) is 6.23. The summed E-state index contributed by atoms with van der Waals surface area (Å²) < 4.78 is 25.9.